The van der Waals surface area contributed by atoms with Gasteiger partial charge in [0.05, 0.1) is 17.7 Å². The molecule has 2 heterocycles. The highest BCUT2D eigenvalue weighted by molar-refractivity contribution is 8.26. The number of nitrogens with zero attached hydrogens (tertiary/aromatic N) is 1. The first kappa shape index (κ1) is 19.4. The third-order valence-electron chi connectivity index (χ3n) is 4.50. The Hall–Kier alpha value is -2.96. The maximum absolute atomic E-state index is 12.8. The highest BCUT2D eigenvalue weighted by Crippen LogP contribution is 2.33. The van der Waals surface area contributed by atoms with E-state index in [9.17, 15) is 9.59 Å². The minimum Gasteiger partial charge on any atom is -0.461 e. The van der Waals surface area contributed by atoms with Crippen LogP contribution in [-0.2, 0) is 17.8 Å². The summed E-state index contributed by atoms with van der Waals surface area (Å²) in [6.07, 6.45) is 3.60. The van der Waals surface area contributed by atoms with Gasteiger partial charge >= 0.3 is 0 Å². The van der Waals surface area contributed by atoms with Crippen LogP contribution in [0.2, 0.25) is 0 Å². The summed E-state index contributed by atoms with van der Waals surface area (Å²) in [5.41, 5.74) is 2.82. The summed E-state index contributed by atoms with van der Waals surface area (Å²) in [5.74, 6) is 0.210. The molecule has 1 amide bonds. The Morgan fingerprint density at radius 2 is 1.76 bits per heavy atom. The van der Waals surface area contributed by atoms with Gasteiger partial charge in [0.15, 0.2) is 5.76 Å². The molecule has 1 aliphatic heterocycles. The molecule has 1 aliphatic rings. The van der Waals surface area contributed by atoms with Crippen LogP contribution in [0, 0.1) is 0 Å². The van der Waals surface area contributed by atoms with E-state index in [2.05, 4.69) is 0 Å². The Bertz CT molecular complexity index is 1070. The quantitative estimate of drug-likeness (QED) is 0.316. The number of hydrogen-bond acceptors (Lipinski definition) is 5. The summed E-state index contributed by atoms with van der Waals surface area (Å²) in [7, 11) is 0. The predicted molar refractivity (Wildman–Crippen MR) is 118 cm³/mol. The highest BCUT2D eigenvalue weighted by atomic mass is 32.2. The van der Waals surface area contributed by atoms with Crippen molar-refractivity contribution in [3.63, 3.8) is 0 Å². The van der Waals surface area contributed by atoms with Crippen molar-refractivity contribution in [2.24, 2.45) is 0 Å². The first-order valence-corrected chi connectivity index (χ1v) is 10.3. The monoisotopic (exact) mass is 419 g/mol. The molecular formula is C23H17NO3S2. The van der Waals surface area contributed by atoms with Gasteiger partial charge in [-0.1, -0.05) is 78.6 Å². The van der Waals surface area contributed by atoms with E-state index in [0.29, 0.717) is 21.5 Å². The Kier molecular flexibility index (Phi) is 5.74. The van der Waals surface area contributed by atoms with E-state index in [0.717, 1.165) is 16.7 Å². The van der Waals surface area contributed by atoms with Gasteiger partial charge < -0.3 is 4.42 Å². The largest absolute Gasteiger partial charge is 0.461 e. The van der Waals surface area contributed by atoms with E-state index in [-0.39, 0.29) is 18.1 Å². The van der Waals surface area contributed by atoms with Crippen molar-refractivity contribution in [1.82, 2.24) is 4.90 Å². The number of carbonyl (C=O) groups is 2. The maximum Gasteiger partial charge on any atom is 0.266 e. The van der Waals surface area contributed by atoms with Crippen molar-refractivity contribution < 1.29 is 14.0 Å². The highest BCUT2D eigenvalue weighted by Gasteiger charge is 2.31. The number of Topliss-reactive ketones (excluding diaryl/α,β-unsaturated/α-hetero) is 1. The third-order valence-corrected chi connectivity index (χ3v) is 5.87. The summed E-state index contributed by atoms with van der Waals surface area (Å²) < 4.78 is 5.70. The molecule has 144 valence electrons. The minimum atomic E-state index is -0.0825. The Labute approximate surface area is 178 Å². The number of ketones is 1. The second-order valence-electron chi connectivity index (χ2n) is 6.57. The van der Waals surface area contributed by atoms with E-state index >= 15 is 0 Å². The first-order valence-electron chi connectivity index (χ1n) is 9.05. The van der Waals surface area contributed by atoms with Crippen LogP contribution >= 0.6 is 24.0 Å². The molecule has 29 heavy (non-hydrogen) atoms. The number of amides is 1. The molecule has 0 N–H and O–H groups in total. The van der Waals surface area contributed by atoms with Crippen LogP contribution in [0.1, 0.15) is 27.2 Å². The molecule has 0 radical (unpaired) electrons. The molecular weight excluding hydrogens is 402 g/mol. The summed E-state index contributed by atoms with van der Waals surface area (Å²) in [6.45, 7) is 0.469. The smallest absolute Gasteiger partial charge is 0.266 e. The molecule has 0 atom stereocenters. The lowest BCUT2D eigenvalue weighted by molar-refractivity contribution is -0.122. The zero-order chi connectivity index (χ0) is 20.2. The molecule has 4 rings (SSSR count). The van der Waals surface area contributed by atoms with Gasteiger partial charge in [-0.05, 0) is 34.9 Å². The van der Waals surface area contributed by atoms with E-state index < -0.39 is 0 Å². The van der Waals surface area contributed by atoms with Gasteiger partial charge in [0.2, 0.25) is 5.78 Å². The molecule has 0 unspecified atom stereocenters. The van der Waals surface area contributed by atoms with Crippen LogP contribution in [0.15, 0.2) is 82.3 Å². The summed E-state index contributed by atoms with van der Waals surface area (Å²) in [5, 5.41) is 0. The van der Waals surface area contributed by atoms with Crippen molar-refractivity contribution in [2.45, 2.75) is 13.0 Å². The fraction of sp³-hybridized carbons (Fsp3) is 0.0870. The zero-order valence-corrected chi connectivity index (χ0v) is 17.0. The number of benzene rings is 2. The molecule has 3 aromatic rings. The van der Waals surface area contributed by atoms with Crippen LogP contribution < -0.4 is 0 Å². The molecule has 1 saturated heterocycles. The fourth-order valence-electron chi connectivity index (χ4n) is 3.00. The summed E-state index contributed by atoms with van der Waals surface area (Å²) in [6, 6.07) is 20.7. The number of thiocarbonyl (C=S) groups is 1. The number of rotatable bonds is 6. The van der Waals surface area contributed by atoms with Gasteiger partial charge in [0.25, 0.3) is 5.91 Å². The molecule has 0 saturated carbocycles. The third kappa shape index (κ3) is 4.55. The average molecular weight is 420 g/mol. The first-order chi connectivity index (χ1) is 14.1. The Morgan fingerprint density at radius 1 is 1.00 bits per heavy atom. The summed E-state index contributed by atoms with van der Waals surface area (Å²) >= 11 is 6.71. The number of hydrogen-bond donors (Lipinski definition) is 0. The molecule has 4 nitrogen and oxygen atoms in total. The van der Waals surface area contributed by atoms with Gasteiger partial charge in [0.1, 0.15) is 4.32 Å². The van der Waals surface area contributed by atoms with Gasteiger partial charge in [-0.15, -0.1) is 0 Å². The molecule has 6 heteroatoms. The van der Waals surface area contributed by atoms with Gasteiger partial charge in [0, 0.05) is 6.42 Å². The second-order valence-corrected chi connectivity index (χ2v) is 8.25. The standard InChI is InChI=1S/C23H17NO3S2/c25-19(20-7-4-12-27-20)13-16-8-10-17(11-9-16)14-21-22(26)24(23(28)29-21)15-18-5-2-1-3-6-18/h1-12,14H,13,15H2/b21-14+. The van der Waals surface area contributed by atoms with Crippen LogP contribution in [0.25, 0.3) is 6.08 Å². The van der Waals surface area contributed by atoms with Crippen molar-refractivity contribution in [3.05, 3.63) is 100 Å². The van der Waals surface area contributed by atoms with E-state index in [4.69, 9.17) is 16.6 Å². The van der Waals surface area contributed by atoms with Gasteiger partial charge in [-0.25, -0.2) is 0 Å². The normalized spacial score (nSPS) is 15.3. The van der Waals surface area contributed by atoms with Crippen molar-refractivity contribution in [1.29, 1.82) is 0 Å². The molecule has 0 bridgehead atoms. The van der Waals surface area contributed by atoms with Crippen molar-refractivity contribution in [3.8, 4) is 0 Å². The van der Waals surface area contributed by atoms with E-state index in [1.165, 1.54) is 18.0 Å². The van der Waals surface area contributed by atoms with Gasteiger partial charge in [-0.2, -0.15) is 0 Å². The van der Waals surface area contributed by atoms with Crippen LogP contribution in [0.4, 0.5) is 0 Å². The lowest BCUT2D eigenvalue weighted by Gasteiger charge is -2.14. The zero-order valence-electron chi connectivity index (χ0n) is 15.4. The molecule has 2 aromatic carbocycles. The molecule has 0 spiro atoms. The second kappa shape index (κ2) is 8.59. The molecule has 1 aromatic heterocycles. The number of thioether (sulfide) groups is 1. The van der Waals surface area contributed by atoms with E-state index in [1.807, 2.05) is 60.7 Å². The maximum atomic E-state index is 12.8. The van der Waals surface area contributed by atoms with E-state index in [1.54, 1.807) is 17.0 Å². The average Bonchev–Trinajstić information content (AvgIpc) is 3.35. The van der Waals surface area contributed by atoms with Crippen LogP contribution in [0.5, 0.6) is 0 Å². The SMILES string of the molecule is O=C(Cc1ccc(/C=C2/SC(=S)N(Cc3ccccc3)C2=O)cc1)c1ccco1. The Balaban J connectivity index is 1.44. The Morgan fingerprint density at radius 3 is 2.45 bits per heavy atom. The minimum absolute atomic E-state index is 0.0652. The number of furan rings is 1. The lowest BCUT2D eigenvalue weighted by atomic mass is 10.1. The molecule has 1 fully saturated rings. The van der Waals surface area contributed by atoms with Crippen LogP contribution in [-0.4, -0.2) is 20.9 Å². The fourth-order valence-corrected chi connectivity index (χ4v) is 4.25. The summed E-state index contributed by atoms with van der Waals surface area (Å²) in [4.78, 5) is 27.1. The predicted octanol–water partition coefficient (Wildman–Crippen LogP) is 5.11. The van der Waals surface area contributed by atoms with Gasteiger partial charge in [-0.3, -0.25) is 14.5 Å². The lowest BCUT2D eigenvalue weighted by Crippen LogP contribution is -2.27. The molecule has 0 aliphatic carbocycles. The topological polar surface area (TPSA) is 50.5 Å². The number of carbonyl (C=O) groups excluding carboxylic acids is 2. The van der Waals surface area contributed by atoms with Crippen molar-refractivity contribution >= 4 is 46.1 Å². The van der Waals surface area contributed by atoms with Crippen LogP contribution in [0.3, 0.4) is 0 Å². The van der Waals surface area contributed by atoms with Crippen molar-refractivity contribution in [2.75, 3.05) is 0 Å².